The third-order valence-electron chi connectivity index (χ3n) is 4.05. The lowest BCUT2D eigenvalue weighted by Crippen LogP contribution is -2.38. The minimum Gasteiger partial charge on any atom is -0.325 e. The number of amides is 2. The molecule has 0 radical (unpaired) electrons. The highest BCUT2D eigenvalue weighted by molar-refractivity contribution is 6.31. The van der Waals surface area contributed by atoms with Crippen LogP contribution in [0.3, 0.4) is 0 Å². The monoisotopic (exact) mass is 391 g/mol. The number of nitrogens with zero attached hydrogens (tertiary/aromatic N) is 1. The summed E-state index contributed by atoms with van der Waals surface area (Å²) in [4.78, 5) is 26.1. The maximum atomic E-state index is 13.8. The van der Waals surface area contributed by atoms with Crippen molar-refractivity contribution in [2.45, 2.75) is 20.8 Å². The van der Waals surface area contributed by atoms with Gasteiger partial charge < -0.3 is 10.6 Å². The molecule has 7 heteroatoms. The Hall–Kier alpha value is -2.44. The number of carbonyl (C=O) groups excluding carboxylic acids is 2. The molecule has 0 unspecified atom stereocenters. The first-order chi connectivity index (χ1) is 12.8. The number of halogens is 2. The van der Waals surface area contributed by atoms with Crippen LogP contribution in [0.5, 0.6) is 0 Å². The summed E-state index contributed by atoms with van der Waals surface area (Å²) < 4.78 is 13.8. The zero-order valence-corrected chi connectivity index (χ0v) is 16.4. The third-order valence-corrected chi connectivity index (χ3v) is 4.29. The Morgan fingerprint density at radius 1 is 1.00 bits per heavy atom. The summed E-state index contributed by atoms with van der Waals surface area (Å²) in [6, 6.07) is 9.84. The Kier molecular flexibility index (Phi) is 7.33. The van der Waals surface area contributed by atoms with Gasteiger partial charge in [-0.25, -0.2) is 4.39 Å². The molecule has 0 bridgehead atoms. The Labute approximate surface area is 163 Å². The van der Waals surface area contributed by atoms with Gasteiger partial charge in [-0.15, -0.1) is 0 Å². The first-order valence-electron chi connectivity index (χ1n) is 8.63. The Balaban J connectivity index is 1.93. The quantitative estimate of drug-likeness (QED) is 0.750. The van der Waals surface area contributed by atoms with Gasteiger partial charge in [0.25, 0.3) is 0 Å². The van der Waals surface area contributed by atoms with Gasteiger partial charge in [0.1, 0.15) is 5.82 Å². The molecule has 0 spiro atoms. The van der Waals surface area contributed by atoms with E-state index in [0.717, 1.165) is 11.1 Å². The lowest BCUT2D eigenvalue weighted by Gasteiger charge is -2.20. The van der Waals surface area contributed by atoms with Gasteiger partial charge in [0.15, 0.2) is 0 Å². The Morgan fingerprint density at radius 3 is 2.22 bits per heavy atom. The fourth-order valence-electron chi connectivity index (χ4n) is 2.52. The Morgan fingerprint density at radius 2 is 1.63 bits per heavy atom. The normalized spacial score (nSPS) is 10.7. The molecular formula is C20H23ClFN3O2. The van der Waals surface area contributed by atoms with Gasteiger partial charge >= 0.3 is 0 Å². The summed E-state index contributed by atoms with van der Waals surface area (Å²) in [6.45, 7) is 5.99. The van der Waals surface area contributed by atoms with Crippen LogP contribution >= 0.6 is 11.6 Å². The zero-order valence-electron chi connectivity index (χ0n) is 15.6. The van der Waals surface area contributed by atoms with E-state index < -0.39 is 5.82 Å². The van der Waals surface area contributed by atoms with E-state index in [1.165, 1.54) is 12.1 Å². The number of hydrogen-bond acceptors (Lipinski definition) is 3. The maximum absolute atomic E-state index is 13.8. The lowest BCUT2D eigenvalue weighted by atomic mass is 10.2. The highest BCUT2D eigenvalue weighted by atomic mass is 35.5. The van der Waals surface area contributed by atoms with Crippen molar-refractivity contribution >= 4 is 34.8 Å². The molecule has 0 aliphatic carbocycles. The van der Waals surface area contributed by atoms with E-state index in [2.05, 4.69) is 10.6 Å². The predicted octanol–water partition coefficient (Wildman–Crippen LogP) is 4.00. The summed E-state index contributed by atoms with van der Waals surface area (Å²) in [7, 11) is 0. The first kappa shape index (κ1) is 20.9. The molecule has 0 aromatic heterocycles. The number of carbonyl (C=O) groups is 2. The molecule has 0 aliphatic rings. The molecular weight excluding hydrogens is 369 g/mol. The number of anilines is 2. The molecule has 2 N–H and O–H groups in total. The van der Waals surface area contributed by atoms with Crippen molar-refractivity contribution < 1.29 is 14.0 Å². The van der Waals surface area contributed by atoms with Crippen LogP contribution in [0.15, 0.2) is 36.4 Å². The van der Waals surface area contributed by atoms with Crippen LogP contribution in [-0.4, -0.2) is 36.3 Å². The van der Waals surface area contributed by atoms with Crippen LogP contribution in [-0.2, 0) is 9.59 Å². The molecule has 0 heterocycles. The van der Waals surface area contributed by atoms with Gasteiger partial charge in [-0.3, -0.25) is 14.5 Å². The smallest absolute Gasteiger partial charge is 0.238 e. The van der Waals surface area contributed by atoms with E-state index >= 15 is 0 Å². The molecule has 144 valence electrons. The van der Waals surface area contributed by atoms with E-state index in [9.17, 15) is 14.0 Å². The van der Waals surface area contributed by atoms with Gasteiger partial charge in [0.05, 0.1) is 18.8 Å². The van der Waals surface area contributed by atoms with E-state index in [1.807, 2.05) is 19.9 Å². The summed E-state index contributed by atoms with van der Waals surface area (Å²) in [5, 5.41) is 5.86. The van der Waals surface area contributed by atoms with Crippen molar-refractivity contribution in [1.82, 2.24) is 4.90 Å². The molecule has 27 heavy (non-hydrogen) atoms. The molecule has 0 atom stereocenters. The summed E-state index contributed by atoms with van der Waals surface area (Å²) in [5.41, 5.74) is 2.42. The van der Waals surface area contributed by atoms with Crippen molar-refractivity contribution in [2.24, 2.45) is 0 Å². The number of benzene rings is 2. The van der Waals surface area contributed by atoms with E-state index in [1.54, 1.807) is 30.0 Å². The van der Waals surface area contributed by atoms with Gasteiger partial charge in [-0.1, -0.05) is 30.7 Å². The predicted molar refractivity (Wildman–Crippen MR) is 107 cm³/mol. The van der Waals surface area contributed by atoms with Crippen LogP contribution < -0.4 is 10.6 Å². The average Bonchev–Trinajstić information content (AvgIpc) is 2.60. The van der Waals surface area contributed by atoms with Crippen molar-refractivity contribution in [1.29, 1.82) is 0 Å². The molecule has 2 amide bonds. The van der Waals surface area contributed by atoms with Gasteiger partial charge in [0, 0.05) is 10.7 Å². The van der Waals surface area contributed by atoms with E-state index in [0.29, 0.717) is 17.3 Å². The number of hydrogen-bond donors (Lipinski definition) is 2. The van der Waals surface area contributed by atoms with Gasteiger partial charge in [-0.05, 0) is 55.8 Å². The average molecular weight is 392 g/mol. The fraction of sp³-hybridized carbons (Fsp3) is 0.300. The summed E-state index contributed by atoms with van der Waals surface area (Å²) in [6.07, 6.45) is 0. The van der Waals surface area contributed by atoms with Crippen LogP contribution in [0.1, 0.15) is 18.1 Å². The molecule has 0 aliphatic heterocycles. The molecule has 5 nitrogen and oxygen atoms in total. The second-order valence-corrected chi connectivity index (χ2v) is 6.78. The molecule has 0 saturated heterocycles. The summed E-state index contributed by atoms with van der Waals surface area (Å²) in [5.74, 6) is -1.12. The number of rotatable bonds is 7. The van der Waals surface area contributed by atoms with E-state index in [4.69, 9.17) is 11.6 Å². The van der Waals surface area contributed by atoms with Crippen molar-refractivity contribution in [3.8, 4) is 0 Å². The molecule has 2 rings (SSSR count). The molecule has 2 aromatic carbocycles. The summed E-state index contributed by atoms with van der Waals surface area (Å²) >= 11 is 5.96. The van der Waals surface area contributed by atoms with Crippen LogP contribution in [0.4, 0.5) is 15.8 Å². The zero-order chi connectivity index (χ0) is 20.0. The van der Waals surface area contributed by atoms with Crippen LogP contribution in [0.2, 0.25) is 5.02 Å². The SMILES string of the molecule is CCN(CC(=O)Nc1cc(Cl)ccc1C)CC(=O)Nc1ccc(C)cc1F. The van der Waals surface area contributed by atoms with Gasteiger partial charge in [0.2, 0.25) is 11.8 Å². The second-order valence-electron chi connectivity index (χ2n) is 6.34. The van der Waals surface area contributed by atoms with Crippen LogP contribution in [0.25, 0.3) is 0 Å². The molecule has 2 aromatic rings. The molecule has 0 fully saturated rings. The number of nitrogens with one attached hydrogen (secondary N) is 2. The molecule has 0 saturated carbocycles. The first-order valence-corrected chi connectivity index (χ1v) is 9.00. The Bertz CT molecular complexity index is 842. The lowest BCUT2D eigenvalue weighted by molar-refractivity contribution is -0.119. The number of aryl methyl sites for hydroxylation is 2. The van der Waals surface area contributed by atoms with Gasteiger partial charge in [-0.2, -0.15) is 0 Å². The highest BCUT2D eigenvalue weighted by Crippen LogP contribution is 2.20. The number of likely N-dealkylation sites (N-methyl/N-ethyl adjacent to an activating group) is 1. The third kappa shape index (κ3) is 6.34. The maximum Gasteiger partial charge on any atom is 0.238 e. The fourth-order valence-corrected chi connectivity index (χ4v) is 2.69. The minimum atomic E-state index is -0.486. The van der Waals surface area contributed by atoms with Crippen molar-refractivity contribution in [3.63, 3.8) is 0 Å². The standard InChI is InChI=1S/C20H23ClFN3O2/c1-4-25(11-19(26)23-17-8-5-13(2)9-16(17)22)12-20(27)24-18-10-15(21)7-6-14(18)3/h5-10H,4,11-12H2,1-3H3,(H,23,26)(H,24,27). The second kappa shape index (κ2) is 9.48. The minimum absolute atomic E-state index is 0.0221. The topological polar surface area (TPSA) is 61.4 Å². The van der Waals surface area contributed by atoms with Crippen molar-refractivity contribution in [2.75, 3.05) is 30.3 Å². The van der Waals surface area contributed by atoms with E-state index in [-0.39, 0.29) is 30.6 Å². The highest BCUT2D eigenvalue weighted by Gasteiger charge is 2.15. The van der Waals surface area contributed by atoms with Crippen LogP contribution in [0, 0.1) is 19.7 Å². The van der Waals surface area contributed by atoms with Crippen molar-refractivity contribution in [3.05, 3.63) is 58.4 Å². The largest absolute Gasteiger partial charge is 0.325 e.